The number of carbonyl (C=O) groups excluding carboxylic acids is 1. The molecule has 0 saturated carbocycles. The Bertz CT molecular complexity index is 616. The first-order valence-corrected chi connectivity index (χ1v) is 8.96. The first-order valence-electron chi connectivity index (χ1n) is 8.96. The van der Waals surface area contributed by atoms with Gasteiger partial charge in [-0.3, -0.25) is 9.78 Å². The van der Waals surface area contributed by atoms with Crippen LogP contribution in [-0.2, 0) is 20.9 Å². The van der Waals surface area contributed by atoms with Crippen molar-refractivity contribution in [3.63, 3.8) is 0 Å². The second kappa shape index (κ2) is 7.03. The quantitative estimate of drug-likeness (QED) is 0.852. The molecule has 0 N–H and O–H groups in total. The number of ether oxygens (including phenoxy) is 2. The molecule has 5 nitrogen and oxygen atoms in total. The molecule has 3 heterocycles. The van der Waals surface area contributed by atoms with E-state index in [0.29, 0.717) is 13.2 Å². The van der Waals surface area contributed by atoms with Gasteiger partial charge in [0.1, 0.15) is 12.2 Å². The Morgan fingerprint density at radius 3 is 3.12 bits per heavy atom. The summed E-state index contributed by atoms with van der Waals surface area (Å²) >= 11 is 0. The average Bonchev–Trinajstić information content (AvgIpc) is 3.29. The lowest BCUT2D eigenvalue weighted by Gasteiger charge is -2.32. The zero-order chi connectivity index (χ0) is 16.4. The van der Waals surface area contributed by atoms with Gasteiger partial charge >= 0.3 is 0 Å². The number of carbonyl (C=O) groups is 1. The Morgan fingerprint density at radius 1 is 1.38 bits per heavy atom. The van der Waals surface area contributed by atoms with Gasteiger partial charge in [-0.25, -0.2) is 0 Å². The molecule has 0 radical (unpaired) electrons. The lowest BCUT2D eigenvalue weighted by Crippen LogP contribution is -2.44. The molecule has 0 unspecified atom stereocenters. The third-order valence-corrected chi connectivity index (χ3v) is 5.23. The summed E-state index contributed by atoms with van der Waals surface area (Å²) in [4.78, 5) is 19.2. The molecule has 0 bridgehead atoms. The number of aromatic nitrogens is 1. The molecule has 2 saturated heterocycles. The van der Waals surface area contributed by atoms with Crippen LogP contribution in [0.4, 0.5) is 0 Å². The first kappa shape index (κ1) is 15.8. The van der Waals surface area contributed by atoms with Crippen LogP contribution in [-0.4, -0.2) is 47.2 Å². The normalized spacial score (nSPS) is 29.4. The third kappa shape index (κ3) is 3.10. The second-order valence-electron chi connectivity index (χ2n) is 6.79. The first-order chi connectivity index (χ1) is 11.8. The standard InChI is InChI=1S/C19H24N2O3/c22-19(14-6-1-2-7-14)21-12-17(18-16(21)9-5-11-23-18)24-13-15-8-3-4-10-20-15/h3-4,6,8,10,16-18H,1-2,5,7,9,11-13H2/t16-,17+,18+/m0/s1. The van der Waals surface area contributed by atoms with Gasteiger partial charge < -0.3 is 14.4 Å². The Kier molecular flexibility index (Phi) is 4.63. The Morgan fingerprint density at radius 2 is 2.33 bits per heavy atom. The monoisotopic (exact) mass is 328 g/mol. The molecule has 1 amide bonds. The molecule has 3 atom stereocenters. The highest BCUT2D eigenvalue weighted by Crippen LogP contribution is 2.33. The molecular formula is C19H24N2O3. The van der Waals surface area contributed by atoms with E-state index in [1.165, 1.54) is 0 Å². The van der Waals surface area contributed by atoms with Gasteiger partial charge in [-0.15, -0.1) is 0 Å². The Labute approximate surface area is 142 Å². The zero-order valence-electron chi connectivity index (χ0n) is 13.9. The maximum Gasteiger partial charge on any atom is 0.249 e. The molecule has 128 valence electrons. The number of rotatable bonds is 4. The van der Waals surface area contributed by atoms with E-state index in [0.717, 1.165) is 50.0 Å². The molecule has 2 fully saturated rings. The number of pyridine rings is 1. The fraction of sp³-hybridized carbons (Fsp3) is 0.579. The summed E-state index contributed by atoms with van der Waals surface area (Å²) < 4.78 is 12.1. The highest BCUT2D eigenvalue weighted by atomic mass is 16.5. The van der Waals surface area contributed by atoms with Crippen molar-refractivity contribution in [2.45, 2.75) is 57.0 Å². The van der Waals surface area contributed by atoms with Crippen molar-refractivity contribution in [1.29, 1.82) is 0 Å². The minimum atomic E-state index is -0.0664. The fourth-order valence-corrected chi connectivity index (χ4v) is 4.02. The number of hydrogen-bond donors (Lipinski definition) is 0. The predicted octanol–water partition coefficient (Wildman–Crippen LogP) is 2.47. The van der Waals surface area contributed by atoms with Gasteiger partial charge in [0.15, 0.2) is 0 Å². The number of fused-ring (bicyclic) bond motifs is 1. The Hall–Kier alpha value is -1.72. The summed E-state index contributed by atoms with van der Waals surface area (Å²) in [6.07, 6.45) is 8.85. The molecular weight excluding hydrogens is 304 g/mol. The molecule has 3 aliphatic rings. The maximum atomic E-state index is 12.9. The SMILES string of the molecule is O=C(C1=CCCC1)N1C[C@@H](OCc2ccccn2)[C@@H]2OCCC[C@@H]21. The van der Waals surface area contributed by atoms with Gasteiger partial charge in [0.2, 0.25) is 5.91 Å². The summed E-state index contributed by atoms with van der Waals surface area (Å²) in [6, 6.07) is 5.97. The Balaban J connectivity index is 1.45. The summed E-state index contributed by atoms with van der Waals surface area (Å²) in [5.41, 5.74) is 1.89. The topological polar surface area (TPSA) is 51.7 Å². The van der Waals surface area contributed by atoms with Crippen LogP contribution >= 0.6 is 0 Å². The van der Waals surface area contributed by atoms with Crippen LogP contribution in [0.1, 0.15) is 37.8 Å². The summed E-state index contributed by atoms with van der Waals surface area (Å²) in [5, 5.41) is 0. The second-order valence-corrected chi connectivity index (χ2v) is 6.79. The molecule has 5 heteroatoms. The number of likely N-dealkylation sites (tertiary alicyclic amines) is 1. The number of nitrogens with zero attached hydrogens (tertiary/aromatic N) is 2. The van der Waals surface area contributed by atoms with Gasteiger partial charge in [0, 0.05) is 18.4 Å². The van der Waals surface area contributed by atoms with Crippen LogP contribution in [0.3, 0.4) is 0 Å². The lowest BCUT2D eigenvalue weighted by atomic mass is 10.0. The van der Waals surface area contributed by atoms with Gasteiger partial charge in [0.05, 0.1) is 24.9 Å². The number of allylic oxidation sites excluding steroid dienone is 1. The van der Waals surface area contributed by atoms with Crippen molar-refractivity contribution >= 4 is 5.91 Å². The minimum absolute atomic E-state index is 0.00610. The molecule has 2 aliphatic heterocycles. The van der Waals surface area contributed by atoms with E-state index in [1.54, 1.807) is 6.20 Å². The number of amides is 1. The minimum Gasteiger partial charge on any atom is -0.373 e. The average molecular weight is 328 g/mol. The molecule has 1 aliphatic carbocycles. The predicted molar refractivity (Wildman–Crippen MR) is 89.2 cm³/mol. The molecule has 0 aromatic carbocycles. The van der Waals surface area contributed by atoms with E-state index in [2.05, 4.69) is 11.1 Å². The van der Waals surface area contributed by atoms with Crippen LogP contribution in [0.2, 0.25) is 0 Å². The highest BCUT2D eigenvalue weighted by Gasteiger charge is 2.47. The van der Waals surface area contributed by atoms with Crippen LogP contribution in [0.5, 0.6) is 0 Å². The van der Waals surface area contributed by atoms with Crippen molar-refractivity contribution in [2.24, 2.45) is 0 Å². The van der Waals surface area contributed by atoms with Crippen LogP contribution in [0.25, 0.3) is 0 Å². The van der Waals surface area contributed by atoms with Crippen LogP contribution in [0.15, 0.2) is 36.0 Å². The van der Waals surface area contributed by atoms with Gasteiger partial charge in [-0.1, -0.05) is 12.1 Å². The largest absolute Gasteiger partial charge is 0.373 e. The van der Waals surface area contributed by atoms with E-state index >= 15 is 0 Å². The van der Waals surface area contributed by atoms with Gasteiger partial charge in [-0.05, 0) is 44.2 Å². The molecule has 1 aromatic rings. The van der Waals surface area contributed by atoms with Crippen molar-refractivity contribution < 1.29 is 14.3 Å². The van der Waals surface area contributed by atoms with Crippen molar-refractivity contribution in [2.75, 3.05) is 13.2 Å². The van der Waals surface area contributed by atoms with E-state index in [1.807, 2.05) is 23.1 Å². The summed E-state index contributed by atoms with van der Waals surface area (Å²) in [5.74, 6) is 0.192. The zero-order valence-corrected chi connectivity index (χ0v) is 13.9. The molecule has 1 aromatic heterocycles. The molecule has 0 spiro atoms. The van der Waals surface area contributed by atoms with E-state index in [4.69, 9.17) is 9.47 Å². The summed E-state index contributed by atoms with van der Waals surface area (Å²) in [6.45, 7) is 1.84. The van der Waals surface area contributed by atoms with E-state index in [-0.39, 0.29) is 24.2 Å². The fourth-order valence-electron chi connectivity index (χ4n) is 4.02. The lowest BCUT2D eigenvalue weighted by molar-refractivity contribution is -0.130. The van der Waals surface area contributed by atoms with Gasteiger partial charge in [0.25, 0.3) is 0 Å². The van der Waals surface area contributed by atoms with E-state index in [9.17, 15) is 4.79 Å². The van der Waals surface area contributed by atoms with E-state index < -0.39 is 0 Å². The highest BCUT2D eigenvalue weighted by molar-refractivity contribution is 5.94. The van der Waals surface area contributed by atoms with Crippen molar-refractivity contribution in [1.82, 2.24) is 9.88 Å². The third-order valence-electron chi connectivity index (χ3n) is 5.23. The molecule has 4 rings (SSSR count). The smallest absolute Gasteiger partial charge is 0.249 e. The van der Waals surface area contributed by atoms with Crippen molar-refractivity contribution in [3.05, 3.63) is 41.7 Å². The molecule has 24 heavy (non-hydrogen) atoms. The van der Waals surface area contributed by atoms with Crippen LogP contribution < -0.4 is 0 Å². The number of hydrogen-bond acceptors (Lipinski definition) is 4. The van der Waals surface area contributed by atoms with Crippen LogP contribution in [0, 0.1) is 0 Å². The van der Waals surface area contributed by atoms with Gasteiger partial charge in [-0.2, -0.15) is 0 Å². The maximum absolute atomic E-state index is 12.9. The summed E-state index contributed by atoms with van der Waals surface area (Å²) in [7, 11) is 0. The van der Waals surface area contributed by atoms with Crippen molar-refractivity contribution in [3.8, 4) is 0 Å².